The van der Waals surface area contributed by atoms with E-state index in [1.54, 1.807) is 0 Å². The number of hydrogen-bond donors (Lipinski definition) is 0. The molecule has 1 saturated carbocycles. The molecule has 0 aromatic heterocycles. The topological polar surface area (TPSA) is 55.4 Å². The second-order valence-electron chi connectivity index (χ2n) is 15.4. The van der Waals surface area contributed by atoms with E-state index < -0.39 is 0 Å². The number of ether oxygens (including phenoxy) is 6. The van der Waals surface area contributed by atoms with Crippen molar-refractivity contribution < 1.29 is 28.4 Å². The lowest BCUT2D eigenvalue weighted by molar-refractivity contribution is -0.133. The molecular weight excluding hydrogens is 600 g/mol. The maximum Gasteiger partial charge on any atom is 0.119 e. The molecule has 0 spiro atoms. The van der Waals surface area contributed by atoms with Gasteiger partial charge in [0.05, 0.1) is 75.7 Å². The van der Waals surface area contributed by atoms with Crippen molar-refractivity contribution in [2.45, 2.75) is 77.0 Å². The third-order valence-corrected chi connectivity index (χ3v) is 12.3. The molecule has 3 aromatic rings. The van der Waals surface area contributed by atoms with Gasteiger partial charge in [-0.2, -0.15) is 0 Å². The fourth-order valence-electron chi connectivity index (χ4n) is 7.81. The van der Waals surface area contributed by atoms with Crippen molar-refractivity contribution in [3.05, 3.63) is 89.5 Å². The Bertz CT molecular complexity index is 1370. The number of hydrogen-bond acceptors (Lipinski definition) is 6. The summed E-state index contributed by atoms with van der Waals surface area (Å²) in [6, 6.07) is 26.8. The van der Waals surface area contributed by atoms with Crippen LogP contribution in [0.3, 0.4) is 0 Å². The second-order valence-corrected chi connectivity index (χ2v) is 15.4. The zero-order valence-electron chi connectivity index (χ0n) is 29.3. The van der Waals surface area contributed by atoms with Crippen LogP contribution < -0.4 is 14.2 Å². The fraction of sp³-hybridized carbons (Fsp3) is 0.571. The normalized spacial score (nSPS) is 22.1. The van der Waals surface area contributed by atoms with Crippen LogP contribution in [-0.2, 0) is 19.6 Å². The van der Waals surface area contributed by atoms with E-state index in [1.807, 2.05) is 0 Å². The van der Waals surface area contributed by atoms with E-state index in [1.165, 1.54) is 16.7 Å². The van der Waals surface area contributed by atoms with Crippen molar-refractivity contribution in [2.75, 3.05) is 59.5 Å². The molecule has 48 heavy (non-hydrogen) atoms. The molecule has 3 heterocycles. The van der Waals surface area contributed by atoms with E-state index in [0.29, 0.717) is 19.1 Å². The average Bonchev–Trinajstić information content (AvgIpc) is 3.08. The van der Waals surface area contributed by atoms with Crippen LogP contribution in [0.4, 0.5) is 0 Å². The van der Waals surface area contributed by atoms with E-state index in [-0.39, 0.29) is 21.7 Å². The minimum atomic E-state index is -0.0607. The van der Waals surface area contributed by atoms with Crippen LogP contribution in [0.2, 0.25) is 0 Å². The summed E-state index contributed by atoms with van der Waals surface area (Å²) < 4.78 is 35.3. The molecule has 1 aliphatic carbocycles. The van der Waals surface area contributed by atoms with Gasteiger partial charge in [-0.15, -0.1) is 0 Å². The molecule has 0 unspecified atom stereocenters. The van der Waals surface area contributed by atoms with Crippen LogP contribution >= 0.6 is 0 Å². The van der Waals surface area contributed by atoms with Gasteiger partial charge in [-0.3, -0.25) is 0 Å². The molecule has 0 radical (unpaired) electrons. The highest BCUT2D eigenvalue weighted by atomic mass is 16.5. The summed E-state index contributed by atoms with van der Waals surface area (Å²) in [6.45, 7) is 13.6. The summed E-state index contributed by atoms with van der Waals surface area (Å²) in [5, 5.41) is 0. The monoisotopic (exact) mass is 654 g/mol. The van der Waals surface area contributed by atoms with Gasteiger partial charge in [0.15, 0.2) is 0 Å². The molecule has 6 nitrogen and oxygen atoms in total. The van der Waals surface area contributed by atoms with Gasteiger partial charge >= 0.3 is 0 Å². The first-order valence-corrected chi connectivity index (χ1v) is 18.4. The van der Waals surface area contributed by atoms with Crippen molar-refractivity contribution in [3.8, 4) is 17.2 Å². The standard InChI is InChI=1S/C42H54O6/c1-4-39(23-43-24-39)29-46-36-13-7-32(8-14-36)33-19-21-42(22-20-33,34-9-15-37(16-10-34)47-30-40(5-2)25-44-26-40)35-11-17-38(18-12-35)48-31-41(6-3)27-45-28-41/h7-18,33H,4-6,19-31H2,1-3H3. The minimum Gasteiger partial charge on any atom is -0.493 e. The first-order chi connectivity index (χ1) is 23.4. The van der Waals surface area contributed by atoms with Gasteiger partial charge in [0.25, 0.3) is 0 Å². The molecule has 0 amide bonds. The Morgan fingerprint density at radius 2 is 0.833 bits per heavy atom. The van der Waals surface area contributed by atoms with Gasteiger partial charge in [0, 0.05) is 5.41 Å². The highest BCUT2D eigenvalue weighted by Gasteiger charge is 2.41. The molecule has 3 aliphatic heterocycles. The van der Waals surface area contributed by atoms with E-state index in [2.05, 4.69) is 93.6 Å². The van der Waals surface area contributed by atoms with Gasteiger partial charge in [-0.05, 0) is 104 Å². The number of benzene rings is 3. The lowest BCUT2D eigenvalue weighted by Crippen LogP contribution is -2.46. The molecule has 3 saturated heterocycles. The van der Waals surface area contributed by atoms with Gasteiger partial charge in [-0.25, -0.2) is 0 Å². The van der Waals surface area contributed by atoms with Crippen LogP contribution in [-0.4, -0.2) is 59.5 Å². The predicted octanol–water partition coefficient (Wildman–Crippen LogP) is 8.75. The Labute approximate surface area is 287 Å². The molecule has 0 bridgehead atoms. The summed E-state index contributed by atoms with van der Waals surface area (Å²) in [5.74, 6) is 3.36. The SMILES string of the molecule is CCC1(COc2ccc(C3CCC(c4ccc(OCC5(CC)COC5)cc4)(c4ccc(OCC5(CC)COC5)cc4)CC3)cc2)COC1. The van der Waals surface area contributed by atoms with Crippen LogP contribution in [0.5, 0.6) is 17.2 Å². The van der Waals surface area contributed by atoms with E-state index in [0.717, 1.165) is 108 Å². The van der Waals surface area contributed by atoms with Gasteiger partial charge < -0.3 is 28.4 Å². The smallest absolute Gasteiger partial charge is 0.119 e. The van der Waals surface area contributed by atoms with Crippen LogP contribution in [0.25, 0.3) is 0 Å². The molecule has 7 rings (SSSR count). The molecule has 3 aromatic carbocycles. The molecule has 4 fully saturated rings. The summed E-state index contributed by atoms with van der Waals surface area (Å²) in [6.07, 6.45) is 7.67. The maximum absolute atomic E-state index is 6.29. The largest absolute Gasteiger partial charge is 0.493 e. The molecule has 0 N–H and O–H groups in total. The highest BCUT2D eigenvalue weighted by molar-refractivity contribution is 5.44. The maximum atomic E-state index is 6.29. The minimum absolute atomic E-state index is 0.0607. The van der Waals surface area contributed by atoms with Crippen molar-refractivity contribution in [1.82, 2.24) is 0 Å². The van der Waals surface area contributed by atoms with Gasteiger partial charge in [0.2, 0.25) is 0 Å². The van der Waals surface area contributed by atoms with Gasteiger partial charge in [0.1, 0.15) is 17.2 Å². The Morgan fingerprint density at radius 3 is 1.12 bits per heavy atom. The van der Waals surface area contributed by atoms with Crippen molar-refractivity contribution in [1.29, 1.82) is 0 Å². The van der Waals surface area contributed by atoms with Crippen molar-refractivity contribution >= 4 is 0 Å². The van der Waals surface area contributed by atoms with Crippen LogP contribution in [0.1, 0.15) is 88.3 Å². The summed E-state index contributed by atoms with van der Waals surface area (Å²) >= 11 is 0. The van der Waals surface area contributed by atoms with Crippen LogP contribution in [0.15, 0.2) is 72.8 Å². The molecule has 258 valence electrons. The third-order valence-electron chi connectivity index (χ3n) is 12.3. The lowest BCUT2D eigenvalue weighted by atomic mass is 9.62. The lowest BCUT2D eigenvalue weighted by Gasteiger charge is -2.42. The Morgan fingerprint density at radius 1 is 0.500 bits per heavy atom. The van der Waals surface area contributed by atoms with Crippen molar-refractivity contribution in [3.63, 3.8) is 0 Å². The Balaban J connectivity index is 1.05. The molecule has 0 atom stereocenters. The summed E-state index contributed by atoms with van der Waals surface area (Å²) in [7, 11) is 0. The Kier molecular flexibility index (Phi) is 9.79. The summed E-state index contributed by atoms with van der Waals surface area (Å²) in [4.78, 5) is 0. The number of rotatable bonds is 15. The predicted molar refractivity (Wildman–Crippen MR) is 188 cm³/mol. The zero-order valence-corrected chi connectivity index (χ0v) is 29.3. The van der Waals surface area contributed by atoms with Crippen LogP contribution in [0, 0.1) is 16.2 Å². The second kappa shape index (κ2) is 14.0. The van der Waals surface area contributed by atoms with Gasteiger partial charge in [-0.1, -0.05) is 57.2 Å². The van der Waals surface area contributed by atoms with E-state index in [4.69, 9.17) is 28.4 Å². The summed E-state index contributed by atoms with van der Waals surface area (Å²) in [5.41, 5.74) is 4.60. The third kappa shape index (κ3) is 6.73. The van der Waals surface area contributed by atoms with E-state index in [9.17, 15) is 0 Å². The molecule has 4 aliphatic rings. The average molecular weight is 655 g/mol. The first kappa shape index (κ1) is 33.4. The Hall–Kier alpha value is -3.06. The highest BCUT2D eigenvalue weighted by Crippen LogP contribution is 2.50. The van der Waals surface area contributed by atoms with E-state index >= 15 is 0 Å². The fourth-order valence-corrected chi connectivity index (χ4v) is 7.81. The quantitative estimate of drug-likeness (QED) is 0.163. The zero-order chi connectivity index (χ0) is 33.1. The molecule has 6 heteroatoms. The van der Waals surface area contributed by atoms with Crippen molar-refractivity contribution in [2.24, 2.45) is 16.2 Å². The molecular formula is C42H54O6. The first-order valence-electron chi connectivity index (χ1n) is 18.4.